The minimum atomic E-state index is -0.578. The predicted octanol–water partition coefficient (Wildman–Crippen LogP) is 7.72. The van der Waals surface area contributed by atoms with Crippen LogP contribution in [0.2, 0.25) is 0 Å². The minimum Gasteiger partial charge on any atom is -0.322 e. The van der Waals surface area contributed by atoms with E-state index in [2.05, 4.69) is 56.1 Å². The summed E-state index contributed by atoms with van der Waals surface area (Å²) in [5, 5.41) is 16.7. The number of nitrogens with one attached hydrogen (secondary N) is 2. The van der Waals surface area contributed by atoms with Gasteiger partial charge in [0.2, 0.25) is 11.0 Å². The highest BCUT2D eigenvalue weighted by Gasteiger charge is 2.14. The Bertz CT molecular complexity index is 1880. The monoisotopic (exact) mass is 617 g/mol. The molecule has 0 saturated carbocycles. The SMILES string of the molecule is O=C(CSc1nc2ccc(NC(=O)c3ccccc3F)cc2s1)Nc1nnc(SCc2cccc3ccccc23)s1. The molecule has 0 unspecified atom stereocenters. The standard InChI is InChI=1S/C29H20FN5O2S4/c30-22-11-4-3-10-21(22)26(37)31-19-12-13-23-24(14-19)40-28(32-23)39-16-25(36)33-27-34-35-29(41-27)38-15-18-8-5-7-17-6-1-2-9-20(17)18/h1-14H,15-16H2,(H,31,37)(H,33,34,36). The average Bonchev–Trinajstić information content (AvgIpc) is 3.61. The van der Waals surface area contributed by atoms with E-state index >= 15 is 0 Å². The summed E-state index contributed by atoms with van der Waals surface area (Å²) in [4.78, 5) is 29.6. The molecule has 2 amide bonds. The Hall–Kier alpha value is -3.84. The van der Waals surface area contributed by atoms with E-state index in [-0.39, 0.29) is 17.2 Å². The van der Waals surface area contributed by atoms with Gasteiger partial charge in [-0.25, -0.2) is 9.37 Å². The van der Waals surface area contributed by atoms with Crippen LogP contribution in [0.25, 0.3) is 21.0 Å². The third-order valence-electron chi connectivity index (χ3n) is 5.96. The second-order valence-corrected chi connectivity index (χ2v) is 13.2. The number of benzene rings is 4. The molecule has 6 rings (SSSR count). The van der Waals surface area contributed by atoms with Crippen molar-refractivity contribution in [1.82, 2.24) is 15.2 Å². The molecule has 0 fully saturated rings. The molecule has 12 heteroatoms. The van der Waals surface area contributed by atoms with Crippen LogP contribution in [-0.2, 0) is 10.5 Å². The van der Waals surface area contributed by atoms with Crippen LogP contribution in [0.4, 0.5) is 15.2 Å². The molecule has 2 N–H and O–H groups in total. The number of amides is 2. The van der Waals surface area contributed by atoms with Crippen molar-refractivity contribution >= 4 is 89.8 Å². The summed E-state index contributed by atoms with van der Waals surface area (Å²) in [6.45, 7) is 0. The number of hydrogen-bond donors (Lipinski definition) is 2. The Labute approximate surface area is 250 Å². The molecule has 41 heavy (non-hydrogen) atoms. The van der Waals surface area contributed by atoms with Gasteiger partial charge in [0.25, 0.3) is 5.91 Å². The maximum Gasteiger partial charge on any atom is 0.258 e. The van der Waals surface area contributed by atoms with E-state index in [1.807, 2.05) is 12.1 Å². The number of anilines is 2. The van der Waals surface area contributed by atoms with Gasteiger partial charge in [0.1, 0.15) is 5.82 Å². The molecule has 2 heterocycles. The highest BCUT2D eigenvalue weighted by Crippen LogP contribution is 2.33. The van der Waals surface area contributed by atoms with Gasteiger partial charge in [-0.2, -0.15) is 0 Å². The van der Waals surface area contributed by atoms with Gasteiger partial charge in [0.15, 0.2) is 8.68 Å². The molecular formula is C29H20FN5O2S4. The van der Waals surface area contributed by atoms with Crippen LogP contribution in [0.1, 0.15) is 15.9 Å². The molecule has 0 atom stereocenters. The molecule has 0 aliphatic rings. The molecular weight excluding hydrogens is 598 g/mol. The van der Waals surface area contributed by atoms with E-state index in [1.54, 1.807) is 36.0 Å². The zero-order valence-corrected chi connectivity index (χ0v) is 24.4. The number of halogens is 1. The first-order chi connectivity index (χ1) is 20.0. The lowest BCUT2D eigenvalue weighted by molar-refractivity contribution is -0.113. The fraction of sp³-hybridized carbons (Fsp3) is 0.0690. The number of thiazole rings is 1. The van der Waals surface area contributed by atoms with Crippen LogP contribution in [0.3, 0.4) is 0 Å². The number of fused-ring (bicyclic) bond motifs is 2. The summed E-state index contributed by atoms with van der Waals surface area (Å²) in [7, 11) is 0. The van der Waals surface area contributed by atoms with Gasteiger partial charge >= 0.3 is 0 Å². The van der Waals surface area contributed by atoms with E-state index in [1.165, 1.54) is 69.0 Å². The van der Waals surface area contributed by atoms with Gasteiger partial charge in [-0.1, -0.05) is 89.5 Å². The minimum absolute atomic E-state index is 0.0230. The summed E-state index contributed by atoms with van der Waals surface area (Å²) in [6.07, 6.45) is 0. The van der Waals surface area contributed by atoms with Crippen molar-refractivity contribution in [2.75, 3.05) is 16.4 Å². The number of thioether (sulfide) groups is 2. The van der Waals surface area contributed by atoms with Crippen LogP contribution >= 0.6 is 46.2 Å². The van der Waals surface area contributed by atoms with E-state index in [4.69, 9.17) is 0 Å². The molecule has 0 aliphatic carbocycles. The third-order valence-corrected chi connectivity index (χ3v) is 10.1. The van der Waals surface area contributed by atoms with Crippen molar-refractivity contribution in [3.8, 4) is 0 Å². The molecule has 0 radical (unpaired) electrons. The number of hydrogen-bond acceptors (Lipinski definition) is 9. The number of aromatic nitrogens is 3. The fourth-order valence-corrected chi connectivity index (χ4v) is 7.73. The summed E-state index contributed by atoms with van der Waals surface area (Å²) >= 11 is 5.66. The topological polar surface area (TPSA) is 96.9 Å². The molecule has 4 aromatic carbocycles. The maximum absolute atomic E-state index is 13.9. The van der Waals surface area contributed by atoms with Crippen LogP contribution in [0.5, 0.6) is 0 Å². The normalized spacial score (nSPS) is 11.1. The molecule has 0 aliphatic heterocycles. The van der Waals surface area contributed by atoms with E-state index in [9.17, 15) is 14.0 Å². The van der Waals surface area contributed by atoms with Crippen LogP contribution in [0.15, 0.2) is 93.6 Å². The van der Waals surface area contributed by atoms with Crippen LogP contribution in [-0.4, -0.2) is 32.7 Å². The quantitative estimate of drug-likeness (QED) is 0.127. The number of nitrogens with zero attached hydrogens (tertiary/aromatic N) is 3. The van der Waals surface area contributed by atoms with Crippen molar-refractivity contribution in [3.63, 3.8) is 0 Å². The highest BCUT2D eigenvalue weighted by molar-refractivity contribution is 8.01. The first-order valence-corrected chi connectivity index (χ1v) is 15.9. The Morgan fingerprint density at radius 1 is 0.829 bits per heavy atom. The lowest BCUT2D eigenvalue weighted by Crippen LogP contribution is -2.13. The van der Waals surface area contributed by atoms with Gasteiger partial charge in [0, 0.05) is 11.4 Å². The second kappa shape index (κ2) is 12.4. The van der Waals surface area contributed by atoms with Gasteiger partial charge in [-0.15, -0.1) is 21.5 Å². The number of carbonyl (C=O) groups excluding carboxylic acids is 2. The van der Waals surface area contributed by atoms with Crippen molar-refractivity contribution in [2.24, 2.45) is 0 Å². The second-order valence-electron chi connectivity index (χ2n) is 8.73. The molecule has 6 aromatic rings. The third kappa shape index (κ3) is 6.57. The van der Waals surface area contributed by atoms with Crippen molar-refractivity contribution in [1.29, 1.82) is 0 Å². The Morgan fingerprint density at radius 3 is 2.56 bits per heavy atom. The van der Waals surface area contributed by atoms with Crippen LogP contribution in [0, 0.1) is 5.82 Å². The van der Waals surface area contributed by atoms with Crippen LogP contribution < -0.4 is 10.6 Å². The smallest absolute Gasteiger partial charge is 0.258 e. The molecule has 0 spiro atoms. The molecule has 2 aromatic heterocycles. The lowest BCUT2D eigenvalue weighted by atomic mass is 10.1. The summed E-state index contributed by atoms with van der Waals surface area (Å²) in [5.74, 6) is -0.384. The average molecular weight is 618 g/mol. The zero-order valence-electron chi connectivity index (χ0n) is 21.2. The van der Waals surface area contributed by atoms with Crippen molar-refractivity contribution in [2.45, 2.75) is 14.4 Å². The first kappa shape index (κ1) is 27.3. The largest absolute Gasteiger partial charge is 0.322 e. The first-order valence-electron chi connectivity index (χ1n) is 12.3. The van der Waals surface area contributed by atoms with Gasteiger partial charge in [-0.05, 0) is 46.7 Å². The van der Waals surface area contributed by atoms with Gasteiger partial charge < -0.3 is 5.32 Å². The van der Waals surface area contributed by atoms with Gasteiger partial charge in [0.05, 0.1) is 21.5 Å². The summed E-state index contributed by atoms with van der Waals surface area (Å²) in [6, 6.07) is 25.7. The predicted molar refractivity (Wildman–Crippen MR) is 167 cm³/mol. The summed E-state index contributed by atoms with van der Waals surface area (Å²) < 4.78 is 16.3. The van der Waals surface area contributed by atoms with E-state index in [0.29, 0.717) is 10.8 Å². The maximum atomic E-state index is 13.9. The van der Waals surface area contributed by atoms with E-state index in [0.717, 1.165) is 24.6 Å². The fourth-order valence-electron chi connectivity index (χ4n) is 4.05. The zero-order chi connectivity index (χ0) is 28.2. The Balaban J connectivity index is 1.02. The Morgan fingerprint density at radius 2 is 1.66 bits per heavy atom. The lowest BCUT2D eigenvalue weighted by Gasteiger charge is -2.05. The van der Waals surface area contributed by atoms with Gasteiger partial charge in [-0.3, -0.25) is 14.9 Å². The van der Waals surface area contributed by atoms with E-state index < -0.39 is 11.7 Å². The molecule has 204 valence electrons. The van der Waals surface area contributed by atoms with Crippen molar-refractivity contribution in [3.05, 3.63) is 102 Å². The molecule has 7 nitrogen and oxygen atoms in total. The van der Waals surface area contributed by atoms with Crippen molar-refractivity contribution < 1.29 is 14.0 Å². The Kier molecular flexibility index (Phi) is 8.23. The highest BCUT2D eigenvalue weighted by atomic mass is 32.2. The molecule has 0 saturated heterocycles. The summed E-state index contributed by atoms with van der Waals surface area (Å²) in [5.41, 5.74) is 2.48. The number of rotatable bonds is 9. The number of carbonyl (C=O) groups is 2. The molecule has 0 bridgehead atoms.